The normalized spacial score (nSPS) is 25.3. The van der Waals surface area contributed by atoms with E-state index in [9.17, 15) is 29.5 Å². The Balaban J connectivity index is 1.35. The Morgan fingerprint density at radius 1 is 0.556 bits per heavy atom. The lowest BCUT2D eigenvalue weighted by atomic mass is 9.96. The van der Waals surface area contributed by atoms with Crippen molar-refractivity contribution in [2.45, 2.75) is 81.8 Å². The van der Waals surface area contributed by atoms with Gasteiger partial charge in [-0.05, 0) is 47.5 Å². The van der Waals surface area contributed by atoms with E-state index in [0.717, 1.165) is 19.4 Å². The third kappa shape index (κ3) is 12.3. The number of benzene rings is 4. The van der Waals surface area contributed by atoms with Crippen LogP contribution in [0.4, 0.5) is 0 Å². The van der Waals surface area contributed by atoms with Gasteiger partial charge in [0.2, 0.25) is 0 Å². The fraction of sp³-hybridized carbons (Fsp3) is 0.356. The summed E-state index contributed by atoms with van der Waals surface area (Å²) in [5.41, 5.74) is 10.9. The summed E-state index contributed by atoms with van der Waals surface area (Å²) in [5, 5.41) is 3.83. The maximum absolute atomic E-state index is 13.8. The number of esters is 5. The molecule has 330 valence electrons. The first-order valence-electron chi connectivity index (χ1n) is 19.8. The summed E-state index contributed by atoms with van der Waals surface area (Å²) >= 11 is 0. The predicted molar refractivity (Wildman–Crippen MR) is 217 cm³/mol. The number of nitrogens with zero attached hydrogens (tertiary/aromatic N) is 3. The molecule has 2 aliphatic heterocycles. The Morgan fingerprint density at radius 3 is 1.48 bits per heavy atom. The lowest BCUT2D eigenvalue weighted by Crippen LogP contribution is -2.64. The Morgan fingerprint density at radius 2 is 0.984 bits per heavy atom. The van der Waals surface area contributed by atoms with Crippen molar-refractivity contribution >= 4 is 29.8 Å². The monoisotopic (exact) mass is 867 g/mol. The third-order valence-corrected chi connectivity index (χ3v) is 9.80. The Hall–Kier alpha value is -6.66. The molecule has 2 heterocycles. The number of carbonyl (C=O) groups excluding carboxylic acids is 5. The van der Waals surface area contributed by atoms with Gasteiger partial charge in [0.15, 0.2) is 43.1 Å². The third-order valence-electron chi connectivity index (χ3n) is 9.80. The summed E-state index contributed by atoms with van der Waals surface area (Å²) in [7, 11) is 1.26. The Kier molecular flexibility index (Phi) is 16.3. The Labute approximate surface area is 361 Å². The van der Waals surface area contributed by atoms with Crippen LogP contribution in [0.25, 0.3) is 10.4 Å². The van der Waals surface area contributed by atoms with Crippen molar-refractivity contribution in [3.05, 3.63) is 154 Å². The van der Waals surface area contributed by atoms with Crippen LogP contribution in [0, 0.1) is 0 Å². The van der Waals surface area contributed by atoms with Crippen LogP contribution in [-0.4, -0.2) is 112 Å². The molecule has 0 N–H and O–H groups in total. The first-order valence-corrected chi connectivity index (χ1v) is 19.8. The molecule has 0 saturated carbocycles. The minimum absolute atomic E-state index is 0.120. The molecule has 0 radical (unpaired) electrons. The second-order valence-corrected chi connectivity index (χ2v) is 14.2. The number of hydrogen-bond donors (Lipinski definition) is 0. The van der Waals surface area contributed by atoms with Gasteiger partial charge in [-0.1, -0.05) is 90.0 Å². The van der Waals surface area contributed by atoms with Gasteiger partial charge in [-0.15, -0.1) is 0 Å². The van der Waals surface area contributed by atoms with Gasteiger partial charge in [-0.2, -0.15) is 0 Å². The molecule has 0 bridgehead atoms. The highest BCUT2D eigenvalue weighted by Gasteiger charge is 2.55. The minimum Gasteiger partial charge on any atom is -0.458 e. The average Bonchev–Trinajstić information content (AvgIpc) is 3.29. The molecule has 2 fully saturated rings. The van der Waals surface area contributed by atoms with Crippen LogP contribution in [0.5, 0.6) is 0 Å². The van der Waals surface area contributed by atoms with Crippen LogP contribution in [0.15, 0.2) is 126 Å². The number of azide groups is 1. The van der Waals surface area contributed by atoms with Crippen LogP contribution in [0.3, 0.4) is 0 Å². The topological polar surface area (TPSA) is 226 Å². The van der Waals surface area contributed by atoms with E-state index >= 15 is 0 Å². The highest BCUT2D eigenvalue weighted by atomic mass is 16.7. The minimum atomic E-state index is -1.60. The predicted octanol–water partition coefficient (Wildman–Crippen LogP) is 5.54. The fourth-order valence-corrected chi connectivity index (χ4v) is 6.96. The Bertz CT molecular complexity index is 2190. The van der Waals surface area contributed by atoms with E-state index in [1.165, 1.54) is 43.5 Å². The highest BCUT2D eigenvalue weighted by Crippen LogP contribution is 2.34. The molecule has 1 unspecified atom stereocenters. The summed E-state index contributed by atoms with van der Waals surface area (Å²) in [6.07, 6.45) is -13.1. The molecule has 18 heteroatoms. The molecule has 6 rings (SSSR count). The lowest BCUT2D eigenvalue weighted by molar-refractivity contribution is -0.314. The zero-order valence-electron chi connectivity index (χ0n) is 34.4. The van der Waals surface area contributed by atoms with Crippen molar-refractivity contribution in [3.63, 3.8) is 0 Å². The van der Waals surface area contributed by atoms with Gasteiger partial charge in [-0.3, -0.25) is 9.59 Å². The zero-order valence-corrected chi connectivity index (χ0v) is 34.4. The van der Waals surface area contributed by atoms with E-state index in [0.29, 0.717) is 0 Å². The van der Waals surface area contributed by atoms with Crippen molar-refractivity contribution in [3.8, 4) is 0 Å². The molecule has 10 atom stereocenters. The average molecular weight is 868 g/mol. The second kappa shape index (κ2) is 22.4. The van der Waals surface area contributed by atoms with Crippen LogP contribution < -0.4 is 0 Å². The number of carbonyl (C=O) groups is 5. The maximum Gasteiger partial charge on any atom is 0.338 e. The molecule has 2 saturated heterocycles. The molecule has 18 nitrogen and oxygen atoms in total. The van der Waals surface area contributed by atoms with Crippen LogP contribution >= 0.6 is 0 Å². The highest BCUT2D eigenvalue weighted by molar-refractivity contribution is 5.91. The van der Waals surface area contributed by atoms with Gasteiger partial charge in [0.05, 0.1) is 36.5 Å². The number of methoxy groups -OCH3 is 1. The largest absolute Gasteiger partial charge is 0.458 e. The van der Waals surface area contributed by atoms with Gasteiger partial charge in [0.1, 0.15) is 18.2 Å². The molecular weight excluding hydrogens is 823 g/mol. The van der Waals surface area contributed by atoms with Gasteiger partial charge >= 0.3 is 29.8 Å². The fourth-order valence-electron chi connectivity index (χ4n) is 6.96. The molecule has 0 aliphatic carbocycles. The second-order valence-electron chi connectivity index (χ2n) is 14.2. The quantitative estimate of drug-likeness (QED) is 0.0418. The first-order chi connectivity index (χ1) is 30.6. The molecule has 0 spiro atoms. The van der Waals surface area contributed by atoms with Crippen molar-refractivity contribution < 1.29 is 71.3 Å². The van der Waals surface area contributed by atoms with E-state index < -0.39 is 97.8 Å². The number of ether oxygens (including phenoxy) is 10. The van der Waals surface area contributed by atoms with Gasteiger partial charge in [0.25, 0.3) is 0 Å². The zero-order chi connectivity index (χ0) is 44.7. The van der Waals surface area contributed by atoms with Crippen molar-refractivity contribution in [2.24, 2.45) is 5.11 Å². The van der Waals surface area contributed by atoms with E-state index in [1.54, 1.807) is 54.6 Å². The van der Waals surface area contributed by atoms with Crippen LogP contribution in [0.2, 0.25) is 0 Å². The van der Waals surface area contributed by atoms with Crippen LogP contribution in [0.1, 0.15) is 50.5 Å². The van der Waals surface area contributed by atoms with Gasteiger partial charge in [-0.25, -0.2) is 14.4 Å². The molecule has 4 aromatic carbocycles. The summed E-state index contributed by atoms with van der Waals surface area (Å²) < 4.78 is 59.8. The lowest BCUT2D eigenvalue weighted by Gasteiger charge is -2.46. The molecule has 4 aromatic rings. The SMILES string of the molecule is CO[C@H]1O[C@H](COC2O[C@H](COCc3ccccc3)[C@@H](OC(C)=O)[C@H](OC(C)=O)[C@H]2N=[N+]=[N-])[C@@H](OC(=O)c2ccccc2)[C@H](OC(=O)c2ccccc2)[C@H]1OC(=O)c1ccccc1. The first kappa shape index (κ1) is 45.9. The smallest absolute Gasteiger partial charge is 0.338 e. The standard InChI is InChI=1S/C45H45N3O15/c1-27(49)57-36-33(25-55-24-29-16-8-4-9-17-29)59-44(35(47-48-46)38(36)58-28(2)50)56-26-34-37(61-41(51)30-18-10-5-11-19-30)39(62-42(52)31-20-12-6-13-21-31)40(45(54-3)60-34)63-43(53)32-22-14-7-15-23-32/h4-23,33-40,44-45H,24-26H2,1-3H3/t33-,34-,35-,36-,37-,38-,39+,40-,44?,45+/m1/s1. The summed E-state index contributed by atoms with van der Waals surface area (Å²) in [5.74, 6) is -4.12. The summed E-state index contributed by atoms with van der Waals surface area (Å²) in [6.45, 7) is 1.60. The molecule has 0 amide bonds. The molecule has 0 aromatic heterocycles. The van der Waals surface area contributed by atoms with Crippen LogP contribution in [-0.2, 0) is 63.6 Å². The van der Waals surface area contributed by atoms with E-state index in [4.69, 9.17) is 47.4 Å². The van der Waals surface area contributed by atoms with Gasteiger partial charge in [0, 0.05) is 25.9 Å². The van der Waals surface area contributed by atoms with Gasteiger partial charge < -0.3 is 47.4 Å². The number of hydrogen-bond acceptors (Lipinski definition) is 16. The summed E-state index contributed by atoms with van der Waals surface area (Å²) in [4.78, 5) is 69.0. The number of rotatable bonds is 17. The maximum atomic E-state index is 13.8. The van der Waals surface area contributed by atoms with E-state index in [-0.39, 0.29) is 29.9 Å². The van der Waals surface area contributed by atoms with Crippen molar-refractivity contribution in [2.75, 3.05) is 20.3 Å². The van der Waals surface area contributed by atoms with E-state index in [2.05, 4.69) is 10.0 Å². The summed E-state index contributed by atoms with van der Waals surface area (Å²) in [6, 6.07) is 31.6. The molecule has 63 heavy (non-hydrogen) atoms. The van der Waals surface area contributed by atoms with E-state index in [1.807, 2.05) is 30.3 Å². The molecule has 2 aliphatic rings. The van der Waals surface area contributed by atoms with Crippen molar-refractivity contribution in [1.29, 1.82) is 0 Å². The van der Waals surface area contributed by atoms with Crippen molar-refractivity contribution in [1.82, 2.24) is 0 Å². The molecular formula is C45H45N3O15.